The summed E-state index contributed by atoms with van der Waals surface area (Å²) in [5.74, 6) is 0.694. The lowest BCUT2D eigenvalue weighted by Crippen LogP contribution is -2.13. The summed E-state index contributed by atoms with van der Waals surface area (Å²) in [6.07, 6.45) is 1.92. The van der Waals surface area contributed by atoms with Crippen LogP contribution in [0.2, 0.25) is 0 Å². The maximum atomic E-state index is 5.07. The van der Waals surface area contributed by atoms with Gasteiger partial charge in [-0.05, 0) is 6.92 Å². The topological polar surface area (TPSA) is 18.5 Å². The third-order valence-electron chi connectivity index (χ3n) is 1.35. The molecule has 1 aliphatic rings. The van der Waals surface area contributed by atoms with Crippen molar-refractivity contribution < 1.29 is 9.47 Å². The average molecular weight is 168 g/mol. The van der Waals surface area contributed by atoms with Gasteiger partial charge in [0.25, 0.3) is 0 Å². The van der Waals surface area contributed by atoms with Gasteiger partial charge in [-0.3, -0.25) is 0 Å². The van der Waals surface area contributed by atoms with Crippen LogP contribution in [0, 0.1) is 0 Å². The molecule has 12 heavy (non-hydrogen) atoms. The zero-order valence-electron chi connectivity index (χ0n) is 6.72. The third kappa shape index (κ3) is 2.93. The smallest absolute Gasteiger partial charge is 0.189 e. The van der Waals surface area contributed by atoms with E-state index in [0.29, 0.717) is 19.2 Å². The summed E-state index contributed by atoms with van der Waals surface area (Å²) in [5.41, 5.74) is 1.96. The van der Waals surface area contributed by atoms with Crippen LogP contribution in [0.4, 0.5) is 0 Å². The predicted molar refractivity (Wildman–Crippen MR) is 50.7 cm³/mol. The van der Waals surface area contributed by atoms with E-state index in [1.54, 1.807) is 0 Å². The van der Waals surface area contributed by atoms with Crippen molar-refractivity contribution in [1.82, 2.24) is 0 Å². The van der Waals surface area contributed by atoms with Crippen molar-refractivity contribution in [3.05, 3.63) is 36.1 Å². The van der Waals surface area contributed by atoms with Crippen molar-refractivity contribution >= 4 is 0 Å². The van der Waals surface area contributed by atoms with Crippen molar-refractivity contribution in [2.75, 3.05) is 13.4 Å². The van der Waals surface area contributed by atoms with E-state index in [0.717, 1.165) is 11.1 Å². The van der Waals surface area contributed by atoms with Crippen molar-refractivity contribution in [2.24, 2.45) is 0 Å². The largest absolute Gasteiger partial charge is 0.468 e. The van der Waals surface area contributed by atoms with Gasteiger partial charge in [0.2, 0.25) is 0 Å². The summed E-state index contributed by atoms with van der Waals surface area (Å²) < 4.78 is 10.1. The lowest BCUT2D eigenvalue weighted by atomic mass is 10.1. The van der Waals surface area contributed by atoms with E-state index < -0.39 is 0 Å². The van der Waals surface area contributed by atoms with Crippen LogP contribution < -0.4 is 0 Å². The second kappa shape index (κ2) is 4.78. The summed E-state index contributed by atoms with van der Waals surface area (Å²) in [7, 11) is 0. The molecule has 2 nitrogen and oxygen atoms in total. The van der Waals surface area contributed by atoms with Crippen LogP contribution in [0.5, 0.6) is 0 Å². The molecule has 0 saturated carbocycles. The minimum absolute atomic E-state index is 0. The number of ether oxygens (including phenoxy) is 2. The summed E-state index contributed by atoms with van der Waals surface area (Å²) >= 11 is 0. The molecule has 0 amide bonds. The molecule has 2 heteroatoms. The van der Waals surface area contributed by atoms with Crippen LogP contribution in [-0.2, 0) is 9.47 Å². The van der Waals surface area contributed by atoms with E-state index in [-0.39, 0.29) is 7.43 Å². The Morgan fingerprint density at radius 3 is 2.75 bits per heavy atom. The van der Waals surface area contributed by atoms with Crippen LogP contribution in [0.1, 0.15) is 14.4 Å². The first kappa shape index (κ1) is 11.0. The van der Waals surface area contributed by atoms with E-state index in [9.17, 15) is 0 Å². The molecule has 0 spiro atoms. The molecule has 0 unspecified atom stereocenters. The highest BCUT2D eigenvalue weighted by Gasteiger charge is 2.09. The average Bonchev–Trinajstić information content (AvgIpc) is 1.93. The molecule has 0 N–H and O–H groups in total. The highest BCUT2D eigenvalue weighted by molar-refractivity contribution is 5.31. The number of rotatable bonds is 1. The van der Waals surface area contributed by atoms with Crippen molar-refractivity contribution in [3.63, 3.8) is 0 Å². The Balaban J connectivity index is 0.00000121. The zero-order chi connectivity index (χ0) is 8.27. The van der Waals surface area contributed by atoms with Gasteiger partial charge in [-0.1, -0.05) is 32.2 Å². The number of allylic oxidation sites excluding steroid dienone is 2. The SMILES string of the molecule is C.C=C(C)/C=C1/COCOC1=C. The van der Waals surface area contributed by atoms with E-state index >= 15 is 0 Å². The van der Waals surface area contributed by atoms with Gasteiger partial charge in [-0.2, -0.15) is 0 Å². The Morgan fingerprint density at radius 2 is 2.25 bits per heavy atom. The Morgan fingerprint density at radius 1 is 1.58 bits per heavy atom. The highest BCUT2D eigenvalue weighted by atomic mass is 16.7. The first-order chi connectivity index (χ1) is 5.20. The molecule has 1 fully saturated rings. The minimum Gasteiger partial charge on any atom is -0.468 e. The molecule has 0 atom stereocenters. The summed E-state index contributed by atoms with van der Waals surface area (Å²) in [6.45, 7) is 10.3. The fourth-order valence-corrected chi connectivity index (χ4v) is 0.857. The van der Waals surface area contributed by atoms with Crippen LogP contribution in [-0.4, -0.2) is 13.4 Å². The first-order valence-electron chi connectivity index (χ1n) is 3.46. The van der Waals surface area contributed by atoms with Crippen LogP contribution >= 0.6 is 0 Å². The van der Waals surface area contributed by atoms with Gasteiger partial charge in [0, 0.05) is 5.57 Å². The fraction of sp³-hybridized carbons (Fsp3) is 0.400. The lowest BCUT2D eigenvalue weighted by molar-refractivity contribution is -0.0362. The van der Waals surface area contributed by atoms with Gasteiger partial charge < -0.3 is 9.47 Å². The standard InChI is InChI=1S/C9H12O2.CH4/c1-7(2)4-9-5-10-6-11-8(9)3;/h4H,1,3,5-6H2,2H3;1H4/b9-4-;. The molecule has 0 aliphatic carbocycles. The van der Waals surface area contributed by atoms with Crippen LogP contribution in [0.3, 0.4) is 0 Å². The lowest BCUT2D eigenvalue weighted by Gasteiger charge is -2.18. The van der Waals surface area contributed by atoms with Gasteiger partial charge in [0.15, 0.2) is 6.79 Å². The minimum atomic E-state index is 0. The second-order valence-electron chi connectivity index (χ2n) is 2.55. The van der Waals surface area contributed by atoms with E-state index in [1.165, 1.54) is 0 Å². The van der Waals surface area contributed by atoms with Gasteiger partial charge in [-0.25, -0.2) is 0 Å². The van der Waals surface area contributed by atoms with Gasteiger partial charge >= 0.3 is 0 Å². The Kier molecular flexibility index (Phi) is 4.37. The predicted octanol–water partition coefficient (Wildman–Crippen LogP) is 2.64. The second-order valence-corrected chi connectivity index (χ2v) is 2.55. The monoisotopic (exact) mass is 168 g/mol. The molecular weight excluding hydrogens is 152 g/mol. The van der Waals surface area contributed by atoms with Crippen LogP contribution in [0.15, 0.2) is 36.1 Å². The third-order valence-corrected chi connectivity index (χ3v) is 1.35. The number of hydrogen-bond donors (Lipinski definition) is 0. The molecule has 0 aromatic carbocycles. The normalized spacial score (nSPS) is 19.8. The van der Waals surface area contributed by atoms with Gasteiger partial charge in [0.1, 0.15) is 5.76 Å². The zero-order valence-corrected chi connectivity index (χ0v) is 6.72. The van der Waals surface area contributed by atoms with Gasteiger partial charge in [0.05, 0.1) is 6.61 Å². The number of hydrogen-bond acceptors (Lipinski definition) is 2. The molecule has 1 heterocycles. The van der Waals surface area contributed by atoms with Crippen molar-refractivity contribution in [1.29, 1.82) is 0 Å². The van der Waals surface area contributed by atoms with E-state index in [2.05, 4.69) is 13.2 Å². The van der Waals surface area contributed by atoms with Crippen LogP contribution in [0.25, 0.3) is 0 Å². The Hall–Kier alpha value is -1.02. The maximum absolute atomic E-state index is 5.07. The first-order valence-corrected chi connectivity index (χ1v) is 3.46. The molecule has 0 bridgehead atoms. The molecule has 1 rings (SSSR count). The Labute approximate surface area is 74.2 Å². The molecule has 1 saturated heterocycles. The maximum Gasteiger partial charge on any atom is 0.189 e. The fourth-order valence-electron chi connectivity index (χ4n) is 0.857. The van der Waals surface area contributed by atoms with E-state index in [1.807, 2.05) is 13.0 Å². The summed E-state index contributed by atoms with van der Waals surface area (Å²) in [5, 5.41) is 0. The Bertz CT molecular complexity index is 214. The summed E-state index contributed by atoms with van der Waals surface area (Å²) in [6, 6.07) is 0. The molecule has 0 radical (unpaired) electrons. The summed E-state index contributed by atoms with van der Waals surface area (Å²) in [4.78, 5) is 0. The molecule has 0 aromatic rings. The highest BCUT2D eigenvalue weighted by Crippen LogP contribution is 2.16. The molecule has 1 aliphatic heterocycles. The molecular formula is C10H16O2. The quantitative estimate of drug-likeness (QED) is 0.599. The molecule has 68 valence electrons. The molecule has 0 aromatic heterocycles. The van der Waals surface area contributed by atoms with E-state index in [4.69, 9.17) is 9.47 Å². The van der Waals surface area contributed by atoms with Crippen molar-refractivity contribution in [3.8, 4) is 0 Å². The van der Waals surface area contributed by atoms with Gasteiger partial charge in [-0.15, -0.1) is 0 Å². The van der Waals surface area contributed by atoms with Crippen molar-refractivity contribution in [2.45, 2.75) is 14.4 Å².